The Morgan fingerprint density at radius 3 is 2.81 bits per heavy atom. The predicted molar refractivity (Wildman–Crippen MR) is 63.8 cm³/mol. The first kappa shape index (κ1) is 11.3. The van der Waals surface area contributed by atoms with Gasteiger partial charge in [0.25, 0.3) is 0 Å². The van der Waals surface area contributed by atoms with Crippen molar-refractivity contribution in [1.29, 1.82) is 0 Å². The fourth-order valence-electron chi connectivity index (χ4n) is 1.46. The highest BCUT2D eigenvalue weighted by Gasteiger charge is 2.11. The molecule has 4 nitrogen and oxygen atoms in total. The summed E-state index contributed by atoms with van der Waals surface area (Å²) in [6.07, 6.45) is 3.41. The molecule has 2 aromatic rings. The lowest BCUT2D eigenvalue weighted by molar-refractivity contribution is 0.172. The van der Waals surface area contributed by atoms with Gasteiger partial charge in [0.2, 0.25) is 0 Å². The number of aliphatic hydroxyl groups is 1. The number of aromatic nitrogens is 3. The van der Waals surface area contributed by atoms with Crippen molar-refractivity contribution in [2.45, 2.75) is 12.5 Å². The molecular formula is C11H12BrN3O. The molecule has 84 valence electrons. The van der Waals surface area contributed by atoms with Crippen LogP contribution in [-0.4, -0.2) is 19.9 Å². The SMILES string of the molecule is Cn1ccc(CC(O)c2ccc(Br)cn2)n1. The molecule has 2 aromatic heterocycles. The Bertz CT molecular complexity index is 466. The highest BCUT2D eigenvalue weighted by Crippen LogP contribution is 2.17. The molecule has 5 heteroatoms. The van der Waals surface area contributed by atoms with Crippen LogP contribution in [0.25, 0.3) is 0 Å². The molecule has 0 bridgehead atoms. The number of hydrogen-bond donors (Lipinski definition) is 1. The molecule has 16 heavy (non-hydrogen) atoms. The second-order valence-electron chi connectivity index (χ2n) is 3.60. The Labute approximate surface area is 102 Å². The van der Waals surface area contributed by atoms with E-state index in [1.807, 2.05) is 25.4 Å². The van der Waals surface area contributed by atoms with Crippen LogP contribution in [0.15, 0.2) is 35.1 Å². The van der Waals surface area contributed by atoms with Crippen LogP contribution in [0.1, 0.15) is 17.5 Å². The summed E-state index contributed by atoms with van der Waals surface area (Å²) in [7, 11) is 1.85. The van der Waals surface area contributed by atoms with Crippen LogP contribution in [0, 0.1) is 0 Å². The van der Waals surface area contributed by atoms with Crippen LogP contribution in [0.4, 0.5) is 0 Å². The zero-order valence-electron chi connectivity index (χ0n) is 8.84. The molecule has 0 aromatic carbocycles. The zero-order chi connectivity index (χ0) is 11.5. The van der Waals surface area contributed by atoms with E-state index >= 15 is 0 Å². The van der Waals surface area contributed by atoms with Gasteiger partial charge in [0.15, 0.2) is 0 Å². The third-order valence-electron chi connectivity index (χ3n) is 2.26. The number of pyridine rings is 1. The zero-order valence-corrected chi connectivity index (χ0v) is 10.4. The van der Waals surface area contributed by atoms with Crippen molar-refractivity contribution >= 4 is 15.9 Å². The summed E-state index contributed by atoms with van der Waals surface area (Å²) in [6.45, 7) is 0. The predicted octanol–water partition coefficient (Wildman–Crippen LogP) is 1.85. The van der Waals surface area contributed by atoms with Crippen molar-refractivity contribution in [3.63, 3.8) is 0 Å². The summed E-state index contributed by atoms with van der Waals surface area (Å²) in [5.74, 6) is 0. The van der Waals surface area contributed by atoms with Gasteiger partial charge in [-0.15, -0.1) is 0 Å². The third-order valence-corrected chi connectivity index (χ3v) is 2.73. The van der Waals surface area contributed by atoms with Gasteiger partial charge in [-0.3, -0.25) is 9.67 Å². The quantitative estimate of drug-likeness (QED) is 0.934. The van der Waals surface area contributed by atoms with E-state index in [1.165, 1.54) is 0 Å². The largest absolute Gasteiger partial charge is 0.386 e. The number of halogens is 1. The highest BCUT2D eigenvalue weighted by atomic mass is 79.9. The van der Waals surface area contributed by atoms with Crippen LogP contribution >= 0.6 is 15.9 Å². The number of nitrogens with zero attached hydrogens (tertiary/aromatic N) is 3. The van der Waals surface area contributed by atoms with Crippen molar-refractivity contribution in [2.75, 3.05) is 0 Å². The Hall–Kier alpha value is -1.20. The summed E-state index contributed by atoms with van der Waals surface area (Å²) in [4.78, 5) is 4.15. The Balaban J connectivity index is 2.08. The molecule has 0 aliphatic carbocycles. The molecule has 0 radical (unpaired) electrons. The maximum absolute atomic E-state index is 9.95. The van der Waals surface area contributed by atoms with Crippen LogP contribution in [0.3, 0.4) is 0 Å². The van der Waals surface area contributed by atoms with Crippen molar-refractivity contribution in [2.24, 2.45) is 7.05 Å². The van der Waals surface area contributed by atoms with Gasteiger partial charge < -0.3 is 5.11 Å². The summed E-state index contributed by atoms with van der Waals surface area (Å²) < 4.78 is 2.62. The molecule has 0 saturated heterocycles. The van der Waals surface area contributed by atoms with Gasteiger partial charge in [-0.05, 0) is 34.1 Å². The first-order valence-electron chi connectivity index (χ1n) is 4.93. The van der Waals surface area contributed by atoms with Crippen molar-refractivity contribution in [3.05, 3.63) is 46.5 Å². The fraction of sp³-hybridized carbons (Fsp3) is 0.273. The smallest absolute Gasteiger partial charge is 0.102 e. The molecule has 0 fully saturated rings. The molecule has 0 spiro atoms. The van der Waals surface area contributed by atoms with Crippen LogP contribution < -0.4 is 0 Å². The fourth-order valence-corrected chi connectivity index (χ4v) is 1.69. The summed E-state index contributed by atoms with van der Waals surface area (Å²) in [5.41, 5.74) is 1.52. The summed E-state index contributed by atoms with van der Waals surface area (Å²) in [5, 5.41) is 14.2. The van der Waals surface area contributed by atoms with Gasteiger partial charge in [-0.25, -0.2) is 0 Å². The van der Waals surface area contributed by atoms with Crippen molar-refractivity contribution < 1.29 is 5.11 Å². The van der Waals surface area contributed by atoms with E-state index in [2.05, 4.69) is 26.0 Å². The molecule has 0 amide bonds. The average Bonchev–Trinajstić information content (AvgIpc) is 2.65. The standard InChI is InChI=1S/C11H12BrN3O/c1-15-5-4-9(14-15)6-11(16)10-3-2-8(12)7-13-10/h2-5,7,11,16H,6H2,1H3. The first-order valence-corrected chi connectivity index (χ1v) is 5.72. The molecule has 1 N–H and O–H groups in total. The Morgan fingerprint density at radius 2 is 2.25 bits per heavy atom. The van der Waals surface area contributed by atoms with Gasteiger partial charge in [0.1, 0.15) is 6.10 Å². The van der Waals surface area contributed by atoms with E-state index in [0.717, 1.165) is 10.2 Å². The maximum atomic E-state index is 9.95. The monoisotopic (exact) mass is 281 g/mol. The molecule has 0 aliphatic rings. The molecule has 1 atom stereocenters. The van der Waals surface area contributed by atoms with Gasteiger partial charge >= 0.3 is 0 Å². The lowest BCUT2D eigenvalue weighted by Crippen LogP contribution is -2.04. The number of hydrogen-bond acceptors (Lipinski definition) is 3. The minimum Gasteiger partial charge on any atom is -0.386 e. The molecule has 0 saturated carbocycles. The lowest BCUT2D eigenvalue weighted by atomic mass is 10.1. The number of aliphatic hydroxyl groups excluding tert-OH is 1. The average molecular weight is 282 g/mol. The van der Waals surface area contributed by atoms with E-state index in [4.69, 9.17) is 0 Å². The van der Waals surface area contributed by atoms with Gasteiger partial charge in [-0.2, -0.15) is 5.10 Å². The van der Waals surface area contributed by atoms with Crippen LogP contribution in [-0.2, 0) is 13.5 Å². The van der Waals surface area contributed by atoms with E-state index in [1.54, 1.807) is 16.9 Å². The van der Waals surface area contributed by atoms with Gasteiger partial charge in [-0.1, -0.05) is 0 Å². The minimum absolute atomic E-state index is 0.482. The Kier molecular flexibility index (Phi) is 3.36. The summed E-state index contributed by atoms with van der Waals surface area (Å²) in [6, 6.07) is 5.56. The molecule has 0 aliphatic heterocycles. The number of aryl methyl sites for hydroxylation is 1. The second-order valence-corrected chi connectivity index (χ2v) is 4.52. The van der Waals surface area contributed by atoms with E-state index in [-0.39, 0.29) is 0 Å². The molecule has 2 heterocycles. The lowest BCUT2D eigenvalue weighted by Gasteiger charge is -2.07. The Morgan fingerprint density at radius 1 is 1.44 bits per heavy atom. The van der Waals surface area contributed by atoms with Crippen molar-refractivity contribution in [3.8, 4) is 0 Å². The highest BCUT2D eigenvalue weighted by molar-refractivity contribution is 9.10. The second kappa shape index (κ2) is 4.76. The van der Waals surface area contributed by atoms with E-state index in [9.17, 15) is 5.11 Å². The molecule has 2 rings (SSSR count). The maximum Gasteiger partial charge on any atom is 0.102 e. The third kappa shape index (κ3) is 2.68. The first-order chi connectivity index (χ1) is 7.65. The van der Waals surface area contributed by atoms with Gasteiger partial charge in [0, 0.05) is 30.3 Å². The summed E-state index contributed by atoms with van der Waals surface area (Å²) >= 11 is 3.30. The topological polar surface area (TPSA) is 50.9 Å². The van der Waals surface area contributed by atoms with Crippen LogP contribution in [0.5, 0.6) is 0 Å². The van der Waals surface area contributed by atoms with E-state index < -0.39 is 6.10 Å². The normalized spacial score (nSPS) is 12.7. The molecular weight excluding hydrogens is 270 g/mol. The number of rotatable bonds is 3. The van der Waals surface area contributed by atoms with Crippen LogP contribution in [0.2, 0.25) is 0 Å². The van der Waals surface area contributed by atoms with E-state index in [0.29, 0.717) is 12.1 Å². The minimum atomic E-state index is -0.608. The van der Waals surface area contributed by atoms with Crippen molar-refractivity contribution in [1.82, 2.24) is 14.8 Å². The molecule has 1 unspecified atom stereocenters. The van der Waals surface area contributed by atoms with Gasteiger partial charge in [0.05, 0.1) is 11.4 Å².